The zero-order chi connectivity index (χ0) is 18.0. The molecule has 8 heteroatoms. The van der Waals surface area contributed by atoms with Crippen molar-refractivity contribution in [3.8, 4) is 11.9 Å². The van der Waals surface area contributed by atoms with Crippen molar-refractivity contribution in [2.24, 2.45) is 0 Å². The predicted octanol–water partition coefficient (Wildman–Crippen LogP) is 3.02. The van der Waals surface area contributed by atoms with Crippen molar-refractivity contribution in [3.05, 3.63) is 57.0 Å². The molecule has 0 bridgehead atoms. The highest BCUT2D eigenvalue weighted by Crippen LogP contribution is 2.22. The van der Waals surface area contributed by atoms with Crippen molar-refractivity contribution in [1.82, 2.24) is 15.0 Å². The molecule has 0 aliphatic rings. The van der Waals surface area contributed by atoms with Gasteiger partial charge in [0.1, 0.15) is 11.6 Å². The molecule has 2 N–H and O–H groups in total. The molecular formula is C17H14ClN5O2. The Hall–Kier alpha value is -3.11. The number of methoxy groups -OCH3 is 1. The lowest BCUT2D eigenvalue weighted by molar-refractivity contribution is 0.396. The zero-order valence-electron chi connectivity index (χ0n) is 13.5. The maximum Gasteiger partial charge on any atom is 0.253 e. The fourth-order valence-electron chi connectivity index (χ4n) is 2.46. The van der Waals surface area contributed by atoms with Gasteiger partial charge in [0.05, 0.1) is 19.3 Å². The lowest BCUT2D eigenvalue weighted by atomic mass is 10.1. The summed E-state index contributed by atoms with van der Waals surface area (Å²) in [6.07, 6.45) is 1.37. The Bertz CT molecular complexity index is 1040. The molecule has 25 heavy (non-hydrogen) atoms. The van der Waals surface area contributed by atoms with Gasteiger partial charge in [-0.15, -0.1) is 0 Å². The van der Waals surface area contributed by atoms with Crippen molar-refractivity contribution in [3.63, 3.8) is 0 Å². The van der Waals surface area contributed by atoms with E-state index in [1.807, 2.05) is 13.0 Å². The highest BCUT2D eigenvalue weighted by Gasteiger charge is 2.14. The summed E-state index contributed by atoms with van der Waals surface area (Å²) < 4.78 is 5.06. The van der Waals surface area contributed by atoms with Gasteiger partial charge in [0.15, 0.2) is 0 Å². The van der Waals surface area contributed by atoms with Crippen LogP contribution in [0, 0.1) is 11.3 Å². The second kappa shape index (κ2) is 6.79. The number of rotatable bonds is 4. The van der Waals surface area contributed by atoms with Gasteiger partial charge in [-0.1, -0.05) is 11.6 Å². The van der Waals surface area contributed by atoms with Gasteiger partial charge >= 0.3 is 0 Å². The second-order valence-electron chi connectivity index (χ2n) is 5.38. The standard InChI is InChI=1S/C17H14ClN5O2/c1-9(21-17-20-8-11(7-19)16(23-17)25-2)13-6-10-5-12(18)3-4-14(10)22-15(13)24/h3-6,8-9H,1-2H3,(H,22,24)(H,20,21,23)/t9-/m1/s1. The number of aromatic nitrogens is 3. The van der Waals surface area contributed by atoms with E-state index in [-0.39, 0.29) is 29.0 Å². The number of H-pyrrole nitrogens is 1. The van der Waals surface area contributed by atoms with Crippen LogP contribution in [0.1, 0.15) is 24.1 Å². The minimum absolute atomic E-state index is 0.173. The predicted molar refractivity (Wildman–Crippen MR) is 94.9 cm³/mol. The molecule has 0 aliphatic carbocycles. The van der Waals surface area contributed by atoms with E-state index in [0.717, 1.165) is 5.39 Å². The Morgan fingerprint density at radius 3 is 2.92 bits per heavy atom. The number of pyridine rings is 1. The molecule has 7 nitrogen and oxygen atoms in total. The highest BCUT2D eigenvalue weighted by molar-refractivity contribution is 6.31. The second-order valence-corrected chi connectivity index (χ2v) is 5.82. The van der Waals surface area contributed by atoms with Gasteiger partial charge in [0.2, 0.25) is 11.8 Å². The number of nitrogens with one attached hydrogen (secondary N) is 2. The molecule has 0 saturated carbocycles. The average Bonchev–Trinajstić information content (AvgIpc) is 2.61. The van der Waals surface area contributed by atoms with Crippen molar-refractivity contribution in [2.45, 2.75) is 13.0 Å². The molecule has 1 aromatic carbocycles. The average molecular weight is 356 g/mol. The quantitative estimate of drug-likeness (QED) is 0.745. The van der Waals surface area contributed by atoms with Crippen LogP contribution in [-0.4, -0.2) is 22.1 Å². The lowest BCUT2D eigenvalue weighted by Crippen LogP contribution is -2.20. The smallest absolute Gasteiger partial charge is 0.253 e. The summed E-state index contributed by atoms with van der Waals surface area (Å²) in [7, 11) is 1.42. The van der Waals surface area contributed by atoms with E-state index in [4.69, 9.17) is 21.6 Å². The maximum atomic E-state index is 12.3. The molecule has 3 aromatic rings. The molecule has 0 saturated heterocycles. The summed E-state index contributed by atoms with van der Waals surface area (Å²) in [6, 6.07) is 8.62. The fourth-order valence-corrected chi connectivity index (χ4v) is 2.64. The van der Waals surface area contributed by atoms with E-state index in [1.54, 1.807) is 24.3 Å². The monoisotopic (exact) mass is 355 g/mol. The van der Waals surface area contributed by atoms with Gasteiger partial charge in [-0.3, -0.25) is 4.79 Å². The minimum atomic E-state index is -0.371. The summed E-state index contributed by atoms with van der Waals surface area (Å²) in [5.74, 6) is 0.431. The number of aromatic amines is 1. The fraction of sp³-hybridized carbons (Fsp3) is 0.176. The third-order valence-electron chi connectivity index (χ3n) is 3.71. The molecule has 1 atom stereocenters. The normalized spacial score (nSPS) is 11.8. The molecule has 0 radical (unpaired) electrons. The number of nitrogens with zero attached hydrogens (tertiary/aromatic N) is 3. The number of halogens is 1. The van der Waals surface area contributed by atoms with Gasteiger partial charge in [0, 0.05) is 21.5 Å². The number of anilines is 1. The molecule has 126 valence electrons. The third kappa shape index (κ3) is 3.39. The molecule has 0 fully saturated rings. The Morgan fingerprint density at radius 1 is 1.40 bits per heavy atom. The number of hydrogen-bond acceptors (Lipinski definition) is 6. The summed E-state index contributed by atoms with van der Waals surface area (Å²) in [5.41, 5.74) is 1.25. The van der Waals surface area contributed by atoms with E-state index >= 15 is 0 Å². The van der Waals surface area contributed by atoms with Gasteiger partial charge < -0.3 is 15.0 Å². The van der Waals surface area contributed by atoms with Crippen LogP contribution >= 0.6 is 11.6 Å². The van der Waals surface area contributed by atoms with Gasteiger partial charge in [0.25, 0.3) is 5.56 Å². The molecule has 0 spiro atoms. The topological polar surface area (TPSA) is 104 Å². The molecule has 2 heterocycles. The Balaban J connectivity index is 1.94. The molecular weight excluding hydrogens is 342 g/mol. The molecule has 0 aliphatic heterocycles. The van der Waals surface area contributed by atoms with Gasteiger partial charge in [-0.05, 0) is 31.2 Å². The highest BCUT2D eigenvalue weighted by atomic mass is 35.5. The summed E-state index contributed by atoms with van der Waals surface area (Å²) in [4.78, 5) is 23.4. The van der Waals surface area contributed by atoms with Crippen molar-refractivity contribution >= 4 is 28.5 Å². The number of nitriles is 1. The van der Waals surface area contributed by atoms with Gasteiger partial charge in [-0.25, -0.2) is 4.98 Å². The van der Waals surface area contributed by atoms with Crippen molar-refractivity contribution < 1.29 is 4.74 Å². The number of fused-ring (bicyclic) bond motifs is 1. The summed E-state index contributed by atoms with van der Waals surface area (Å²) in [6.45, 7) is 1.81. The number of benzene rings is 1. The van der Waals surface area contributed by atoms with Crippen LogP contribution in [0.15, 0.2) is 35.3 Å². The van der Waals surface area contributed by atoms with Crippen LogP contribution in [0.3, 0.4) is 0 Å². The largest absolute Gasteiger partial charge is 0.480 e. The van der Waals surface area contributed by atoms with Crippen LogP contribution in [0.25, 0.3) is 10.9 Å². The molecule has 2 aromatic heterocycles. The van der Waals surface area contributed by atoms with E-state index in [2.05, 4.69) is 20.3 Å². The maximum absolute atomic E-state index is 12.3. The first kappa shape index (κ1) is 16.7. The first-order valence-electron chi connectivity index (χ1n) is 7.42. The first-order valence-corrected chi connectivity index (χ1v) is 7.79. The lowest BCUT2D eigenvalue weighted by Gasteiger charge is -2.14. The number of hydrogen-bond donors (Lipinski definition) is 2. The molecule has 0 amide bonds. The van der Waals surface area contributed by atoms with Crippen LogP contribution < -0.4 is 15.6 Å². The molecule has 0 unspecified atom stereocenters. The van der Waals surface area contributed by atoms with E-state index in [0.29, 0.717) is 16.1 Å². The summed E-state index contributed by atoms with van der Waals surface area (Å²) in [5, 5.41) is 13.4. The van der Waals surface area contributed by atoms with Crippen LogP contribution in [0.5, 0.6) is 5.88 Å². The van der Waals surface area contributed by atoms with Crippen LogP contribution in [0.2, 0.25) is 5.02 Å². The molecule has 3 rings (SSSR count). The Labute approximate surface area is 148 Å². The van der Waals surface area contributed by atoms with E-state index < -0.39 is 0 Å². The Kier molecular flexibility index (Phi) is 4.55. The third-order valence-corrected chi connectivity index (χ3v) is 3.95. The SMILES string of the molecule is COc1nc(N[C@H](C)c2cc3cc(Cl)ccc3[nH]c2=O)ncc1C#N. The van der Waals surface area contributed by atoms with Crippen molar-refractivity contribution in [2.75, 3.05) is 12.4 Å². The first-order chi connectivity index (χ1) is 12.0. The van der Waals surface area contributed by atoms with Crippen LogP contribution in [-0.2, 0) is 0 Å². The van der Waals surface area contributed by atoms with Crippen molar-refractivity contribution in [1.29, 1.82) is 5.26 Å². The Morgan fingerprint density at radius 2 is 2.20 bits per heavy atom. The van der Waals surface area contributed by atoms with Gasteiger partial charge in [-0.2, -0.15) is 10.2 Å². The van der Waals surface area contributed by atoms with E-state index in [1.165, 1.54) is 13.3 Å². The summed E-state index contributed by atoms with van der Waals surface area (Å²) >= 11 is 6.01. The van der Waals surface area contributed by atoms with E-state index in [9.17, 15) is 4.79 Å². The zero-order valence-corrected chi connectivity index (χ0v) is 14.3. The van der Waals surface area contributed by atoms with Crippen LogP contribution in [0.4, 0.5) is 5.95 Å². The minimum Gasteiger partial charge on any atom is -0.480 e. The number of ether oxygens (including phenoxy) is 1.